The van der Waals surface area contributed by atoms with E-state index in [4.69, 9.17) is 4.74 Å². The Kier molecular flexibility index (Phi) is 4.43. The Labute approximate surface area is 80.7 Å². The summed E-state index contributed by atoms with van der Waals surface area (Å²) in [6.45, 7) is 4.24. The van der Waals surface area contributed by atoms with Crippen molar-refractivity contribution in [3.8, 4) is 0 Å². The van der Waals surface area contributed by atoms with Crippen LogP contribution < -0.4 is 0 Å². The molecule has 76 valence electrons. The fraction of sp³-hybridized carbons (Fsp3) is 0.909. The zero-order chi connectivity index (χ0) is 9.68. The summed E-state index contributed by atoms with van der Waals surface area (Å²) in [5, 5.41) is 0. The summed E-state index contributed by atoms with van der Waals surface area (Å²) in [5.74, 6) is 0.934. The molecule has 0 aromatic carbocycles. The van der Waals surface area contributed by atoms with Crippen molar-refractivity contribution in [3.63, 3.8) is 0 Å². The minimum atomic E-state index is 0.174. The van der Waals surface area contributed by atoms with E-state index in [9.17, 15) is 4.79 Å². The van der Waals surface area contributed by atoms with E-state index < -0.39 is 0 Å². The first-order valence-corrected chi connectivity index (χ1v) is 5.32. The summed E-state index contributed by atoms with van der Waals surface area (Å²) in [4.78, 5) is 11.4. The van der Waals surface area contributed by atoms with Gasteiger partial charge in [0.1, 0.15) is 6.61 Å². The number of rotatable bonds is 5. The van der Waals surface area contributed by atoms with Gasteiger partial charge in [0.15, 0.2) is 5.78 Å². The topological polar surface area (TPSA) is 26.3 Å². The van der Waals surface area contributed by atoms with Gasteiger partial charge in [-0.2, -0.15) is 0 Å². The van der Waals surface area contributed by atoms with Gasteiger partial charge >= 0.3 is 0 Å². The zero-order valence-corrected chi connectivity index (χ0v) is 8.71. The first kappa shape index (κ1) is 10.7. The molecule has 1 aliphatic carbocycles. The van der Waals surface area contributed by atoms with E-state index in [0.29, 0.717) is 12.5 Å². The summed E-state index contributed by atoms with van der Waals surface area (Å²) in [7, 11) is 0. The summed E-state index contributed by atoms with van der Waals surface area (Å²) in [5.41, 5.74) is 0. The highest BCUT2D eigenvalue weighted by Crippen LogP contribution is 2.27. The quantitative estimate of drug-likeness (QED) is 0.656. The summed E-state index contributed by atoms with van der Waals surface area (Å²) >= 11 is 0. The standard InChI is InChI=1S/C11H20O2/c1-9(2)13-8-11(12)7-10-5-3-4-6-10/h9-10H,3-8H2,1-2H3. The monoisotopic (exact) mass is 184 g/mol. The molecule has 2 heteroatoms. The smallest absolute Gasteiger partial charge is 0.158 e. The Hall–Kier alpha value is -0.370. The van der Waals surface area contributed by atoms with Crippen molar-refractivity contribution in [2.24, 2.45) is 5.92 Å². The Morgan fingerprint density at radius 3 is 2.54 bits per heavy atom. The van der Waals surface area contributed by atoms with Gasteiger partial charge < -0.3 is 4.74 Å². The minimum Gasteiger partial charge on any atom is -0.371 e. The molecule has 2 nitrogen and oxygen atoms in total. The number of carbonyl (C=O) groups is 1. The van der Waals surface area contributed by atoms with E-state index in [1.54, 1.807) is 0 Å². The number of ketones is 1. The van der Waals surface area contributed by atoms with E-state index in [1.165, 1.54) is 25.7 Å². The number of hydrogen-bond acceptors (Lipinski definition) is 2. The first-order chi connectivity index (χ1) is 6.18. The van der Waals surface area contributed by atoms with Crippen LogP contribution in [0.5, 0.6) is 0 Å². The molecule has 0 unspecified atom stereocenters. The number of hydrogen-bond donors (Lipinski definition) is 0. The van der Waals surface area contributed by atoms with Crippen molar-refractivity contribution in [2.75, 3.05) is 6.61 Å². The van der Waals surface area contributed by atoms with Crippen LogP contribution in [0.15, 0.2) is 0 Å². The van der Waals surface area contributed by atoms with Crippen LogP contribution in [0.3, 0.4) is 0 Å². The van der Waals surface area contributed by atoms with Gasteiger partial charge in [-0.05, 0) is 19.8 Å². The molecule has 0 aliphatic heterocycles. The predicted octanol–water partition coefficient (Wildman–Crippen LogP) is 2.56. The van der Waals surface area contributed by atoms with Crippen LogP contribution in [0.1, 0.15) is 46.0 Å². The van der Waals surface area contributed by atoms with Crippen molar-refractivity contribution < 1.29 is 9.53 Å². The second kappa shape index (κ2) is 5.38. The molecule has 0 spiro atoms. The van der Waals surface area contributed by atoms with Gasteiger partial charge in [-0.25, -0.2) is 0 Å². The van der Waals surface area contributed by atoms with Crippen molar-refractivity contribution in [1.29, 1.82) is 0 Å². The van der Waals surface area contributed by atoms with Gasteiger partial charge in [-0.1, -0.05) is 25.7 Å². The van der Waals surface area contributed by atoms with Gasteiger partial charge in [-0.15, -0.1) is 0 Å². The maximum Gasteiger partial charge on any atom is 0.158 e. The molecule has 1 fully saturated rings. The maximum atomic E-state index is 11.4. The number of carbonyl (C=O) groups excluding carboxylic acids is 1. The zero-order valence-electron chi connectivity index (χ0n) is 8.71. The molecule has 1 aliphatic rings. The maximum absolute atomic E-state index is 11.4. The van der Waals surface area contributed by atoms with Crippen LogP contribution in [-0.2, 0) is 9.53 Å². The van der Waals surface area contributed by atoms with Gasteiger partial charge in [-0.3, -0.25) is 4.79 Å². The van der Waals surface area contributed by atoms with E-state index in [2.05, 4.69) is 0 Å². The summed E-state index contributed by atoms with van der Waals surface area (Å²) in [6.07, 6.45) is 6.02. The van der Waals surface area contributed by atoms with Gasteiger partial charge in [0.25, 0.3) is 0 Å². The fourth-order valence-corrected chi connectivity index (χ4v) is 1.86. The van der Waals surface area contributed by atoms with E-state index in [0.717, 1.165) is 6.42 Å². The van der Waals surface area contributed by atoms with E-state index in [1.807, 2.05) is 13.8 Å². The van der Waals surface area contributed by atoms with E-state index in [-0.39, 0.29) is 11.9 Å². The number of ether oxygens (including phenoxy) is 1. The molecule has 0 aromatic heterocycles. The molecule has 0 heterocycles. The molecule has 1 rings (SSSR count). The minimum absolute atomic E-state index is 0.174. The second-order valence-electron chi connectivity index (χ2n) is 4.25. The molecule has 0 bridgehead atoms. The van der Waals surface area contributed by atoms with Crippen molar-refractivity contribution >= 4 is 5.78 Å². The molecule has 0 amide bonds. The first-order valence-electron chi connectivity index (χ1n) is 5.32. The Balaban J connectivity index is 2.09. The molecule has 0 radical (unpaired) electrons. The van der Waals surface area contributed by atoms with Crippen LogP contribution in [0.25, 0.3) is 0 Å². The Bertz CT molecular complexity index is 157. The highest BCUT2D eigenvalue weighted by Gasteiger charge is 2.18. The second-order valence-corrected chi connectivity index (χ2v) is 4.25. The molecule has 0 aromatic rings. The average Bonchev–Trinajstić information content (AvgIpc) is 2.53. The normalized spacial score (nSPS) is 18.4. The third-order valence-corrected chi connectivity index (χ3v) is 2.57. The SMILES string of the molecule is CC(C)OCC(=O)CC1CCCC1. The van der Waals surface area contributed by atoms with Crippen LogP contribution >= 0.6 is 0 Å². The fourth-order valence-electron chi connectivity index (χ4n) is 1.86. The average molecular weight is 184 g/mol. The lowest BCUT2D eigenvalue weighted by Crippen LogP contribution is -2.15. The van der Waals surface area contributed by atoms with Gasteiger partial charge in [0.05, 0.1) is 6.10 Å². The highest BCUT2D eigenvalue weighted by molar-refractivity contribution is 5.79. The highest BCUT2D eigenvalue weighted by atomic mass is 16.5. The van der Waals surface area contributed by atoms with E-state index >= 15 is 0 Å². The van der Waals surface area contributed by atoms with Gasteiger partial charge in [0, 0.05) is 6.42 Å². The third-order valence-electron chi connectivity index (χ3n) is 2.57. The van der Waals surface area contributed by atoms with Crippen LogP contribution in [0.2, 0.25) is 0 Å². The predicted molar refractivity (Wildman–Crippen MR) is 52.7 cm³/mol. The molecular weight excluding hydrogens is 164 g/mol. The Morgan fingerprint density at radius 1 is 1.38 bits per heavy atom. The third kappa shape index (κ3) is 4.41. The largest absolute Gasteiger partial charge is 0.371 e. The lowest BCUT2D eigenvalue weighted by atomic mass is 10.0. The summed E-state index contributed by atoms with van der Waals surface area (Å²) < 4.78 is 5.26. The van der Waals surface area contributed by atoms with Crippen LogP contribution in [0.4, 0.5) is 0 Å². The molecular formula is C11H20O2. The molecule has 0 N–H and O–H groups in total. The van der Waals surface area contributed by atoms with Crippen molar-refractivity contribution in [3.05, 3.63) is 0 Å². The van der Waals surface area contributed by atoms with Crippen molar-refractivity contribution in [2.45, 2.75) is 52.1 Å². The molecule has 13 heavy (non-hydrogen) atoms. The molecule has 0 atom stereocenters. The van der Waals surface area contributed by atoms with Crippen molar-refractivity contribution in [1.82, 2.24) is 0 Å². The number of Topliss-reactive ketones (excluding diaryl/α,β-unsaturated/α-hetero) is 1. The lowest BCUT2D eigenvalue weighted by Gasteiger charge is -2.09. The molecule has 1 saturated carbocycles. The molecule has 0 saturated heterocycles. The van der Waals surface area contributed by atoms with Gasteiger partial charge in [0.2, 0.25) is 0 Å². The summed E-state index contributed by atoms with van der Waals surface area (Å²) in [6, 6.07) is 0. The lowest BCUT2D eigenvalue weighted by molar-refractivity contribution is -0.125. The Morgan fingerprint density at radius 2 is 2.00 bits per heavy atom. The van der Waals surface area contributed by atoms with Crippen LogP contribution in [0, 0.1) is 5.92 Å². The van der Waals surface area contributed by atoms with Crippen LogP contribution in [-0.4, -0.2) is 18.5 Å².